The summed E-state index contributed by atoms with van der Waals surface area (Å²) in [4.78, 5) is 26.7. The van der Waals surface area contributed by atoms with Crippen molar-refractivity contribution in [2.45, 2.75) is 6.04 Å². The first-order valence-corrected chi connectivity index (χ1v) is 8.75. The summed E-state index contributed by atoms with van der Waals surface area (Å²) in [6.45, 7) is 0. The third-order valence-electron chi connectivity index (χ3n) is 3.24. The standard InChI is InChI=1S/C16H11NO3S3/c18-14-12(9-11-7-4-8-22-11)23-16(21)17(14)13(15(19)20)10-5-2-1-3-6-10/h1-9,13H,(H,19,20)/p-1/b12-9+/t13-/m0/s1. The molecule has 1 atom stereocenters. The van der Waals surface area contributed by atoms with Crippen molar-refractivity contribution in [3.05, 3.63) is 63.2 Å². The van der Waals surface area contributed by atoms with Crippen molar-refractivity contribution in [2.24, 2.45) is 0 Å². The Kier molecular flexibility index (Phi) is 4.61. The van der Waals surface area contributed by atoms with Crippen LogP contribution in [0.5, 0.6) is 0 Å². The number of carboxylic acid groups (broad SMARTS) is 1. The molecule has 1 aliphatic rings. The smallest absolute Gasteiger partial charge is 0.267 e. The number of carboxylic acids is 1. The number of carbonyl (C=O) groups excluding carboxylic acids is 2. The molecule has 1 aromatic carbocycles. The maximum absolute atomic E-state index is 12.6. The minimum absolute atomic E-state index is 0.218. The van der Waals surface area contributed by atoms with Crippen LogP contribution in [-0.2, 0) is 9.59 Å². The molecule has 0 aliphatic carbocycles. The van der Waals surface area contributed by atoms with E-state index in [2.05, 4.69) is 0 Å². The van der Waals surface area contributed by atoms with Crippen LogP contribution in [0.3, 0.4) is 0 Å². The van der Waals surface area contributed by atoms with E-state index in [-0.39, 0.29) is 4.32 Å². The van der Waals surface area contributed by atoms with Crippen LogP contribution < -0.4 is 5.11 Å². The van der Waals surface area contributed by atoms with Crippen molar-refractivity contribution >= 4 is 57.6 Å². The van der Waals surface area contributed by atoms with Crippen LogP contribution in [0.1, 0.15) is 16.5 Å². The average molecular weight is 360 g/mol. The molecule has 2 aromatic rings. The molecule has 0 unspecified atom stereocenters. The van der Waals surface area contributed by atoms with Gasteiger partial charge in [0, 0.05) is 4.88 Å². The zero-order valence-electron chi connectivity index (χ0n) is 11.7. The highest BCUT2D eigenvalue weighted by molar-refractivity contribution is 8.26. The Morgan fingerprint density at radius 1 is 1.22 bits per heavy atom. The van der Waals surface area contributed by atoms with Gasteiger partial charge in [0.15, 0.2) is 0 Å². The van der Waals surface area contributed by atoms with E-state index < -0.39 is 17.9 Å². The molecule has 7 heteroatoms. The first-order chi connectivity index (χ1) is 11.1. The third-order valence-corrected chi connectivity index (χ3v) is 5.39. The second-order valence-corrected chi connectivity index (χ2v) is 7.35. The van der Waals surface area contributed by atoms with Crippen molar-refractivity contribution in [3.63, 3.8) is 0 Å². The monoisotopic (exact) mass is 360 g/mol. The fourth-order valence-corrected chi connectivity index (χ4v) is 4.27. The van der Waals surface area contributed by atoms with Crippen LogP contribution in [0.25, 0.3) is 6.08 Å². The van der Waals surface area contributed by atoms with E-state index >= 15 is 0 Å². The Morgan fingerprint density at radius 3 is 2.57 bits per heavy atom. The van der Waals surface area contributed by atoms with Crippen molar-refractivity contribution < 1.29 is 14.7 Å². The van der Waals surface area contributed by atoms with Gasteiger partial charge in [0.2, 0.25) is 0 Å². The highest BCUT2D eigenvalue weighted by Gasteiger charge is 2.38. The van der Waals surface area contributed by atoms with E-state index in [0.29, 0.717) is 10.5 Å². The van der Waals surface area contributed by atoms with Gasteiger partial charge in [0.05, 0.1) is 10.9 Å². The molecule has 23 heavy (non-hydrogen) atoms. The predicted molar refractivity (Wildman–Crippen MR) is 93.5 cm³/mol. The number of thiophene rings is 1. The molecule has 0 bridgehead atoms. The normalized spacial score (nSPS) is 17.7. The topological polar surface area (TPSA) is 60.4 Å². The fourth-order valence-electron chi connectivity index (χ4n) is 2.23. The lowest BCUT2D eigenvalue weighted by molar-refractivity contribution is -0.310. The van der Waals surface area contributed by atoms with Crippen molar-refractivity contribution in [1.82, 2.24) is 4.90 Å². The molecule has 1 aliphatic heterocycles. The Morgan fingerprint density at radius 2 is 1.96 bits per heavy atom. The van der Waals surface area contributed by atoms with Crippen LogP contribution in [0.15, 0.2) is 52.7 Å². The maximum atomic E-state index is 12.6. The molecular formula is C16H10NO3S3-. The van der Waals surface area contributed by atoms with Crippen LogP contribution in [0.4, 0.5) is 0 Å². The molecule has 1 fully saturated rings. The summed E-state index contributed by atoms with van der Waals surface area (Å²) in [5.41, 5.74) is 0.459. The Balaban J connectivity index is 1.97. The Hall–Kier alpha value is -1.96. The highest BCUT2D eigenvalue weighted by Crippen LogP contribution is 2.38. The van der Waals surface area contributed by atoms with E-state index in [4.69, 9.17) is 12.2 Å². The summed E-state index contributed by atoms with van der Waals surface area (Å²) in [5.74, 6) is -1.77. The van der Waals surface area contributed by atoms with E-state index in [0.717, 1.165) is 21.5 Å². The zero-order chi connectivity index (χ0) is 16.4. The molecule has 0 spiro atoms. The molecule has 3 rings (SSSR count). The van der Waals surface area contributed by atoms with Crippen LogP contribution in [0.2, 0.25) is 0 Å². The van der Waals surface area contributed by atoms with Gasteiger partial charge in [-0.1, -0.05) is 60.4 Å². The number of benzene rings is 1. The van der Waals surface area contributed by atoms with E-state index in [1.807, 2.05) is 17.5 Å². The van der Waals surface area contributed by atoms with Gasteiger partial charge in [0.25, 0.3) is 5.91 Å². The second-order valence-electron chi connectivity index (χ2n) is 4.70. The minimum Gasteiger partial charge on any atom is -0.547 e. The molecule has 2 heterocycles. The molecule has 0 saturated carbocycles. The lowest BCUT2D eigenvalue weighted by Crippen LogP contribution is -2.43. The summed E-state index contributed by atoms with van der Waals surface area (Å²) in [6.07, 6.45) is 1.72. The number of nitrogens with zero attached hydrogens (tertiary/aromatic N) is 1. The zero-order valence-corrected chi connectivity index (χ0v) is 14.1. The van der Waals surface area contributed by atoms with Crippen LogP contribution >= 0.6 is 35.3 Å². The SMILES string of the molecule is O=C([O-])[C@H](c1ccccc1)N1C(=O)/C(=C\c2cccs2)SC1=S. The third kappa shape index (κ3) is 3.21. The Bertz CT molecular complexity index is 784. The van der Waals surface area contributed by atoms with E-state index in [1.54, 1.807) is 36.4 Å². The summed E-state index contributed by atoms with van der Waals surface area (Å²) in [5, 5.41) is 13.5. The highest BCUT2D eigenvalue weighted by atomic mass is 32.2. The summed E-state index contributed by atoms with van der Waals surface area (Å²) < 4.78 is 0.218. The number of hydrogen-bond acceptors (Lipinski definition) is 6. The van der Waals surface area contributed by atoms with E-state index in [9.17, 15) is 14.7 Å². The number of carbonyl (C=O) groups is 2. The number of aliphatic carboxylic acids is 1. The number of thiocarbonyl (C=S) groups is 1. The predicted octanol–water partition coefficient (Wildman–Crippen LogP) is 2.44. The molecule has 116 valence electrons. The lowest BCUT2D eigenvalue weighted by atomic mass is 10.1. The van der Waals surface area contributed by atoms with Gasteiger partial charge < -0.3 is 9.90 Å². The van der Waals surface area contributed by atoms with Crippen molar-refractivity contribution in [2.75, 3.05) is 0 Å². The largest absolute Gasteiger partial charge is 0.547 e. The van der Waals surface area contributed by atoms with Gasteiger partial charge in [-0.3, -0.25) is 9.69 Å². The second kappa shape index (κ2) is 6.66. The summed E-state index contributed by atoms with van der Waals surface area (Å²) in [6, 6.07) is 11.0. The minimum atomic E-state index is -1.36. The number of hydrogen-bond donors (Lipinski definition) is 0. The van der Waals surface area contributed by atoms with Gasteiger partial charge in [-0.2, -0.15) is 0 Å². The maximum Gasteiger partial charge on any atom is 0.267 e. The molecule has 1 saturated heterocycles. The van der Waals surface area contributed by atoms with Crippen molar-refractivity contribution in [3.8, 4) is 0 Å². The fraction of sp³-hybridized carbons (Fsp3) is 0.0625. The molecular weight excluding hydrogens is 350 g/mol. The molecule has 0 radical (unpaired) electrons. The lowest BCUT2D eigenvalue weighted by Gasteiger charge is -2.27. The first kappa shape index (κ1) is 15.9. The molecule has 1 aromatic heterocycles. The summed E-state index contributed by atoms with van der Waals surface area (Å²) >= 11 is 7.82. The first-order valence-electron chi connectivity index (χ1n) is 6.64. The number of thioether (sulfide) groups is 1. The Labute approximate surface area is 146 Å². The van der Waals surface area contributed by atoms with Gasteiger partial charge in [-0.05, 0) is 23.1 Å². The van der Waals surface area contributed by atoms with Crippen LogP contribution in [0, 0.1) is 0 Å². The number of amides is 1. The molecule has 1 amide bonds. The molecule has 4 nitrogen and oxygen atoms in total. The van der Waals surface area contributed by atoms with Gasteiger partial charge in [-0.15, -0.1) is 11.3 Å². The summed E-state index contributed by atoms with van der Waals surface area (Å²) in [7, 11) is 0. The van der Waals surface area contributed by atoms with Gasteiger partial charge in [0.1, 0.15) is 10.4 Å². The van der Waals surface area contributed by atoms with E-state index in [1.165, 1.54) is 11.3 Å². The number of rotatable bonds is 4. The average Bonchev–Trinajstić information content (AvgIpc) is 3.12. The quantitative estimate of drug-likeness (QED) is 0.619. The molecule has 0 N–H and O–H groups in total. The van der Waals surface area contributed by atoms with Crippen LogP contribution in [-0.4, -0.2) is 21.1 Å². The van der Waals surface area contributed by atoms with Crippen molar-refractivity contribution in [1.29, 1.82) is 0 Å². The van der Waals surface area contributed by atoms with Gasteiger partial charge in [-0.25, -0.2) is 0 Å². The van der Waals surface area contributed by atoms with Gasteiger partial charge >= 0.3 is 0 Å².